The normalized spacial score (nSPS) is 15.9. The molecule has 2 aromatic heterocycles. The van der Waals surface area contributed by atoms with Gasteiger partial charge in [-0.1, -0.05) is 12.1 Å². The first-order valence-electron chi connectivity index (χ1n) is 6.70. The molecule has 0 radical (unpaired) electrons. The standard InChI is InChI=1S/C15H21NOS3/c1-11(15(10-17)18-2)16-13(14-6-4-8-20-14)9-12-5-3-7-19-12/h3-8,11,13,15-17H,9-10H2,1-2H3. The van der Waals surface area contributed by atoms with Gasteiger partial charge in [-0.15, -0.1) is 22.7 Å². The van der Waals surface area contributed by atoms with E-state index in [-0.39, 0.29) is 17.9 Å². The molecule has 2 N–H and O–H groups in total. The summed E-state index contributed by atoms with van der Waals surface area (Å²) in [4.78, 5) is 2.76. The zero-order chi connectivity index (χ0) is 14.4. The van der Waals surface area contributed by atoms with Gasteiger partial charge in [0.1, 0.15) is 0 Å². The van der Waals surface area contributed by atoms with Crippen LogP contribution < -0.4 is 5.32 Å². The van der Waals surface area contributed by atoms with Crippen LogP contribution in [0.4, 0.5) is 0 Å². The minimum Gasteiger partial charge on any atom is -0.395 e. The number of hydrogen-bond acceptors (Lipinski definition) is 5. The van der Waals surface area contributed by atoms with E-state index in [2.05, 4.69) is 53.5 Å². The van der Waals surface area contributed by atoms with Crippen molar-refractivity contribution in [1.29, 1.82) is 0 Å². The topological polar surface area (TPSA) is 32.3 Å². The molecule has 0 bridgehead atoms. The molecular weight excluding hydrogens is 306 g/mol. The van der Waals surface area contributed by atoms with Crippen LogP contribution in [0.25, 0.3) is 0 Å². The monoisotopic (exact) mass is 327 g/mol. The molecule has 3 atom stereocenters. The van der Waals surface area contributed by atoms with Crippen LogP contribution in [0.3, 0.4) is 0 Å². The molecule has 0 aliphatic heterocycles. The van der Waals surface area contributed by atoms with Gasteiger partial charge in [-0.05, 0) is 36.1 Å². The van der Waals surface area contributed by atoms with Crippen LogP contribution in [0, 0.1) is 0 Å². The van der Waals surface area contributed by atoms with Crippen LogP contribution in [0.2, 0.25) is 0 Å². The Morgan fingerprint density at radius 2 is 2.00 bits per heavy atom. The van der Waals surface area contributed by atoms with Crippen molar-refractivity contribution in [1.82, 2.24) is 5.32 Å². The zero-order valence-electron chi connectivity index (χ0n) is 11.8. The van der Waals surface area contributed by atoms with Crippen LogP contribution in [-0.2, 0) is 6.42 Å². The Morgan fingerprint density at radius 3 is 2.55 bits per heavy atom. The van der Waals surface area contributed by atoms with Gasteiger partial charge in [0.2, 0.25) is 0 Å². The van der Waals surface area contributed by atoms with E-state index in [1.165, 1.54) is 9.75 Å². The lowest BCUT2D eigenvalue weighted by Gasteiger charge is -2.27. The maximum Gasteiger partial charge on any atom is 0.0564 e. The minimum absolute atomic E-state index is 0.214. The first kappa shape index (κ1) is 16.0. The van der Waals surface area contributed by atoms with Crippen molar-refractivity contribution in [2.75, 3.05) is 12.9 Å². The van der Waals surface area contributed by atoms with E-state index in [4.69, 9.17) is 0 Å². The molecule has 20 heavy (non-hydrogen) atoms. The number of thiophene rings is 2. The van der Waals surface area contributed by atoms with Crippen LogP contribution in [0.15, 0.2) is 35.0 Å². The van der Waals surface area contributed by atoms with Crippen molar-refractivity contribution in [3.05, 3.63) is 44.8 Å². The van der Waals surface area contributed by atoms with Crippen LogP contribution in [0.5, 0.6) is 0 Å². The lowest BCUT2D eigenvalue weighted by molar-refractivity contribution is 0.270. The van der Waals surface area contributed by atoms with Crippen LogP contribution in [-0.4, -0.2) is 29.3 Å². The highest BCUT2D eigenvalue weighted by Gasteiger charge is 2.21. The van der Waals surface area contributed by atoms with Gasteiger partial charge in [-0.2, -0.15) is 11.8 Å². The van der Waals surface area contributed by atoms with E-state index < -0.39 is 0 Å². The Labute approximate surface area is 133 Å². The molecule has 5 heteroatoms. The molecular formula is C15H21NOS3. The molecule has 0 spiro atoms. The highest BCUT2D eigenvalue weighted by Crippen LogP contribution is 2.26. The van der Waals surface area contributed by atoms with Crippen LogP contribution >= 0.6 is 34.4 Å². The van der Waals surface area contributed by atoms with Gasteiger partial charge >= 0.3 is 0 Å². The average molecular weight is 328 g/mol. The summed E-state index contributed by atoms with van der Waals surface area (Å²) in [6.07, 6.45) is 3.06. The Kier molecular flexibility index (Phi) is 6.58. The summed E-state index contributed by atoms with van der Waals surface area (Å²) < 4.78 is 0. The first-order valence-corrected chi connectivity index (χ1v) is 9.74. The molecule has 0 fully saturated rings. The first-order chi connectivity index (χ1) is 9.74. The number of rotatable bonds is 8. The minimum atomic E-state index is 0.214. The van der Waals surface area contributed by atoms with Crippen molar-refractivity contribution in [3.63, 3.8) is 0 Å². The van der Waals surface area contributed by atoms with Gasteiger partial charge in [0.25, 0.3) is 0 Å². The third kappa shape index (κ3) is 4.33. The van der Waals surface area contributed by atoms with E-state index in [1.807, 2.05) is 0 Å². The van der Waals surface area contributed by atoms with Gasteiger partial charge in [0, 0.05) is 33.5 Å². The van der Waals surface area contributed by atoms with Crippen molar-refractivity contribution in [2.24, 2.45) is 0 Å². The highest BCUT2D eigenvalue weighted by atomic mass is 32.2. The quantitative estimate of drug-likeness (QED) is 0.773. The summed E-state index contributed by atoms with van der Waals surface area (Å²) in [5.41, 5.74) is 0. The molecule has 0 aromatic carbocycles. The van der Waals surface area contributed by atoms with E-state index in [1.54, 1.807) is 34.4 Å². The Morgan fingerprint density at radius 1 is 1.25 bits per heavy atom. The fourth-order valence-corrected chi connectivity index (χ4v) is 4.40. The van der Waals surface area contributed by atoms with Gasteiger partial charge in [0.05, 0.1) is 6.61 Å². The molecule has 3 unspecified atom stereocenters. The van der Waals surface area contributed by atoms with Crippen molar-refractivity contribution < 1.29 is 5.11 Å². The Bertz CT molecular complexity index is 465. The summed E-state index contributed by atoms with van der Waals surface area (Å²) >= 11 is 5.32. The van der Waals surface area contributed by atoms with Gasteiger partial charge in [-0.3, -0.25) is 0 Å². The lowest BCUT2D eigenvalue weighted by Crippen LogP contribution is -2.40. The third-order valence-corrected chi connectivity index (χ3v) is 6.42. The molecule has 0 saturated heterocycles. The van der Waals surface area contributed by atoms with Crippen molar-refractivity contribution in [3.8, 4) is 0 Å². The number of nitrogens with one attached hydrogen (secondary N) is 1. The Hall–Kier alpha value is -0.330. The number of aliphatic hydroxyl groups is 1. The van der Waals surface area contributed by atoms with E-state index >= 15 is 0 Å². The summed E-state index contributed by atoms with van der Waals surface area (Å²) in [5, 5.41) is 17.6. The fraction of sp³-hybridized carbons (Fsp3) is 0.467. The molecule has 0 amide bonds. The van der Waals surface area contributed by atoms with Gasteiger partial charge < -0.3 is 10.4 Å². The largest absolute Gasteiger partial charge is 0.395 e. The van der Waals surface area contributed by atoms with Crippen molar-refractivity contribution >= 4 is 34.4 Å². The van der Waals surface area contributed by atoms with E-state index in [0.717, 1.165) is 6.42 Å². The number of hydrogen-bond donors (Lipinski definition) is 2. The Balaban J connectivity index is 2.07. The molecule has 0 aliphatic rings. The summed E-state index contributed by atoms with van der Waals surface area (Å²) in [5.74, 6) is 0. The van der Waals surface area contributed by atoms with E-state index in [9.17, 15) is 5.11 Å². The maximum atomic E-state index is 9.44. The maximum absolute atomic E-state index is 9.44. The second kappa shape index (κ2) is 8.20. The number of aliphatic hydroxyl groups excluding tert-OH is 1. The van der Waals surface area contributed by atoms with Crippen molar-refractivity contribution in [2.45, 2.75) is 30.7 Å². The molecule has 0 saturated carbocycles. The zero-order valence-corrected chi connectivity index (χ0v) is 14.2. The second-order valence-corrected chi connectivity index (χ2v) is 7.85. The molecule has 2 nitrogen and oxygen atoms in total. The summed E-state index contributed by atoms with van der Waals surface area (Å²) in [6.45, 7) is 2.37. The SMILES string of the molecule is CSC(CO)C(C)NC(Cc1cccs1)c1cccs1. The molecule has 2 aromatic rings. The highest BCUT2D eigenvalue weighted by molar-refractivity contribution is 7.99. The van der Waals surface area contributed by atoms with Crippen LogP contribution in [0.1, 0.15) is 22.7 Å². The molecule has 2 heterocycles. The lowest BCUT2D eigenvalue weighted by atomic mass is 10.1. The average Bonchev–Trinajstić information content (AvgIpc) is 3.12. The predicted octanol–water partition coefficient (Wildman–Crippen LogP) is 3.80. The smallest absolute Gasteiger partial charge is 0.0564 e. The van der Waals surface area contributed by atoms with Gasteiger partial charge in [-0.25, -0.2) is 0 Å². The fourth-order valence-electron chi connectivity index (χ4n) is 2.22. The molecule has 2 rings (SSSR count). The summed E-state index contributed by atoms with van der Waals surface area (Å²) in [7, 11) is 0. The summed E-state index contributed by atoms with van der Waals surface area (Å²) in [6, 6.07) is 9.19. The predicted molar refractivity (Wildman–Crippen MR) is 92.1 cm³/mol. The number of thioether (sulfide) groups is 1. The molecule has 110 valence electrons. The van der Waals surface area contributed by atoms with E-state index in [0.29, 0.717) is 6.04 Å². The molecule has 0 aliphatic carbocycles. The third-order valence-electron chi connectivity index (χ3n) is 3.38. The second-order valence-electron chi connectivity index (χ2n) is 4.76. The van der Waals surface area contributed by atoms with Gasteiger partial charge in [0.15, 0.2) is 0 Å².